The number of hydrogen-bond acceptors (Lipinski definition) is 3. The highest BCUT2D eigenvalue weighted by molar-refractivity contribution is 5.77. The summed E-state index contributed by atoms with van der Waals surface area (Å²) in [6.07, 6.45) is 5.98. The van der Waals surface area contributed by atoms with Crippen LogP contribution in [0.3, 0.4) is 0 Å². The summed E-state index contributed by atoms with van der Waals surface area (Å²) in [7, 11) is 0. The first-order valence-corrected chi connectivity index (χ1v) is 8.33. The smallest absolute Gasteiger partial charge is 0.223 e. The summed E-state index contributed by atoms with van der Waals surface area (Å²) in [6, 6.07) is 6.47. The number of oxazole rings is 1. The lowest BCUT2D eigenvalue weighted by atomic mass is 9.99. The van der Waals surface area contributed by atoms with Crippen LogP contribution in [0.5, 0.6) is 0 Å². The minimum atomic E-state index is 0.294. The van der Waals surface area contributed by atoms with Crippen molar-refractivity contribution in [3.05, 3.63) is 29.7 Å². The SMILES string of the molecule is CCC1CCCCN1C(=O)CCc1ccc2oc(C)nc2c1. The zero-order valence-corrected chi connectivity index (χ0v) is 13.5. The van der Waals surface area contributed by atoms with Gasteiger partial charge in [-0.05, 0) is 49.8 Å². The molecular formula is C18H24N2O2. The second kappa shape index (κ2) is 6.51. The van der Waals surface area contributed by atoms with Gasteiger partial charge >= 0.3 is 0 Å². The molecule has 0 aliphatic carbocycles. The maximum atomic E-state index is 12.5. The van der Waals surface area contributed by atoms with Gasteiger partial charge in [0.15, 0.2) is 11.5 Å². The van der Waals surface area contributed by atoms with Gasteiger partial charge in [0.1, 0.15) is 5.52 Å². The van der Waals surface area contributed by atoms with Gasteiger partial charge < -0.3 is 9.32 Å². The van der Waals surface area contributed by atoms with Gasteiger partial charge in [-0.2, -0.15) is 0 Å². The Labute approximate surface area is 131 Å². The molecule has 1 aromatic carbocycles. The van der Waals surface area contributed by atoms with Gasteiger partial charge in [0.2, 0.25) is 5.91 Å². The zero-order chi connectivity index (χ0) is 15.5. The molecule has 4 nitrogen and oxygen atoms in total. The van der Waals surface area contributed by atoms with E-state index in [0.717, 1.165) is 48.9 Å². The lowest BCUT2D eigenvalue weighted by molar-refractivity contribution is -0.134. The summed E-state index contributed by atoms with van der Waals surface area (Å²) < 4.78 is 5.49. The number of rotatable bonds is 4. The van der Waals surface area contributed by atoms with E-state index in [0.29, 0.717) is 24.3 Å². The zero-order valence-electron chi connectivity index (χ0n) is 13.5. The molecule has 22 heavy (non-hydrogen) atoms. The lowest BCUT2D eigenvalue weighted by Gasteiger charge is -2.35. The molecular weight excluding hydrogens is 276 g/mol. The second-order valence-electron chi connectivity index (χ2n) is 6.18. The predicted molar refractivity (Wildman–Crippen MR) is 86.7 cm³/mol. The van der Waals surface area contributed by atoms with Crippen LogP contribution in [0.15, 0.2) is 22.6 Å². The number of carbonyl (C=O) groups excluding carboxylic acids is 1. The van der Waals surface area contributed by atoms with Crippen molar-refractivity contribution in [1.29, 1.82) is 0 Å². The van der Waals surface area contributed by atoms with E-state index >= 15 is 0 Å². The van der Waals surface area contributed by atoms with Crippen LogP contribution >= 0.6 is 0 Å². The Hall–Kier alpha value is -1.84. The van der Waals surface area contributed by atoms with E-state index in [4.69, 9.17) is 4.42 Å². The molecule has 1 saturated heterocycles. The quantitative estimate of drug-likeness (QED) is 0.861. The van der Waals surface area contributed by atoms with Gasteiger partial charge in [-0.3, -0.25) is 4.79 Å². The molecule has 1 unspecified atom stereocenters. The number of fused-ring (bicyclic) bond motifs is 1. The molecule has 0 saturated carbocycles. The van der Waals surface area contributed by atoms with Crippen molar-refractivity contribution in [1.82, 2.24) is 9.88 Å². The lowest BCUT2D eigenvalue weighted by Crippen LogP contribution is -2.43. The van der Waals surface area contributed by atoms with Gasteiger partial charge in [0, 0.05) is 25.9 Å². The van der Waals surface area contributed by atoms with Crippen LogP contribution in [0.25, 0.3) is 11.1 Å². The van der Waals surface area contributed by atoms with Crippen LogP contribution in [-0.2, 0) is 11.2 Å². The van der Waals surface area contributed by atoms with Crippen LogP contribution in [0.2, 0.25) is 0 Å². The van der Waals surface area contributed by atoms with Gasteiger partial charge in [0.25, 0.3) is 0 Å². The molecule has 0 N–H and O–H groups in total. The topological polar surface area (TPSA) is 46.3 Å². The van der Waals surface area contributed by atoms with Crippen molar-refractivity contribution in [2.24, 2.45) is 0 Å². The predicted octanol–water partition coefficient (Wildman–Crippen LogP) is 3.86. The fourth-order valence-corrected chi connectivity index (χ4v) is 3.39. The monoisotopic (exact) mass is 300 g/mol. The normalized spacial score (nSPS) is 18.8. The highest BCUT2D eigenvalue weighted by atomic mass is 16.3. The first-order valence-electron chi connectivity index (χ1n) is 8.33. The van der Waals surface area contributed by atoms with Crippen molar-refractivity contribution in [3.63, 3.8) is 0 Å². The first-order chi connectivity index (χ1) is 10.7. The minimum absolute atomic E-state index is 0.294. The van der Waals surface area contributed by atoms with Gasteiger partial charge in [-0.1, -0.05) is 13.0 Å². The summed E-state index contributed by atoms with van der Waals surface area (Å²) >= 11 is 0. The largest absolute Gasteiger partial charge is 0.441 e. The number of nitrogens with zero attached hydrogens (tertiary/aromatic N) is 2. The molecule has 3 rings (SSSR count). The Morgan fingerprint density at radius 1 is 1.41 bits per heavy atom. The average molecular weight is 300 g/mol. The minimum Gasteiger partial charge on any atom is -0.441 e. The molecule has 1 aromatic heterocycles. The van der Waals surface area contributed by atoms with Gasteiger partial charge in [-0.25, -0.2) is 4.98 Å². The van der Waals surface area contributed by atoms with E-state index < -0.39 is 0 Å². The van der Waals surface area contributed by atoms with Crippen molar-refractivity contribution in [3.8, 4) is 0 Å². The number of likely N-dealkylation sites (tertiary alicyclic amines) is 1. The van der Waals surface area contributed by atoms with Crippen molar-refractivity contribution in [2.75, 3.05) is 6.54 Å². The number of piperidine rings is 1. The number of hydrogen-bond donors (Lipinski definition) is 0. The third kappa shape index (κ3) is 3.16. The van der Waals surface area contributed by atoms with E-state index in [2.05, 4.69) is 16.8 Å². The number of carbonyl (C=O) groups is 1. The Balaban J connectivity index is 1.63. The van der Waals surface area contributed by atoms with Gasteiger partial charge in [-0.15, -0.1) is 0 Å². The van der Waals surface area contributed by atoms with Gasteiger partial charge in [0.05, 0.1) is 0 Å². The third-order valence-electron chi connectivity index (χ3n) is 4.61. The Morgan fingerprint density at radius 2 is 2.27 bits per heavy atom. The van der Waals surface area contributed by atoms with Crippen LogP contribution in [0.4, 0.5) is 0 Å². The number of aromatic nitrogens is 1. The Bertz CT molecular complexity index is 662. The van der Waals surface area contributed by atoms with E-state index in [9.17, 15) is 4.79 Å². The average Bonchev–Trinajstić information content (AvgIpc) is 2.91. The molecule has 0 spiro atoms. The first kappa shape index (κ1) is 15.1. The molecule has 2 aromatic rings. The maximum absolute atomic E-state index is 12.5. The van der Waals surface area contributed by atoms with E-state index in [-0.39, 0.29) is 0 Å². The standard InChI is InChI=1S/C18H24N2O2/c1-3-15-6-4-5-11-20(15)18(21)10-8-14-7-9-17-16(12-14)19-13(2)22-17/h7,9,12,15H,3-6,8,10-11H2,1-2H3. The van der Waals surface area contributed by atoms with Crippen LogP contribution in [0.1, 0.15) is 50.5 Å². The second-order valence-corrected chi connectivity index (χ2v) is 6.18. The highest BCUT2D eigenvalue weighted by Crippen LogP contribution is 2.22. The fraction of sp³-hybridized carbons (Fsp3) is 0.556. The van der Waals surface area contributed by atoms with E-state index in [1.54, 1.807) is 0 Å². The molecule has 1 aliphatic heterocycles. The number of amides is 1. The van der Waals surface area contributed by atoms with Crippen molar-refractivity contribution in [2.45, 2.75) is 58.4 Å². The summed E-state index contributed by atoms with van der Waals surface area (Å²) in [4.78, 5) is 19.0. The molecule has 1 atom stereocenters. The van der Waals surface area contributed by atoms with Crippen molar-refractivity contribution < 1.29 is 9.21 Å². The highest BCUT2D eigenvalue weighted by Gasteiger charge is 2.24. The summed E-state index contributed by atoms with van der Waals surface area (Å²) in [5.74, 6) is 0.977. The van der Waals surface area contributed by atoms with Crippen LogP contribution in [-0.4, -0.2) is 28.4 Å². The molecule has 2 heterocycles. The Morgan fingerprint density at radius 3 is 3.09 bits per heavy atom. The van der Waals surface area contributed by atoms with Crippen LogP contribution < -0.4 is 0 Å². The number of aryl methyl sites for hydroxylation is 2. The van der Waals surface area contributed by atoms with Crippen molar-refractivity contribution >= 4 is 17.0 Å². The summed E-state index contributed by atoms with van der Waals surface area (Å²) in [5.41, 5.74) is 2.85. The molecule has 0 radical (unpaired) electrons. The summed E-state index contributed by atoms with van der Waals surface area (Å²) in [5, 5.41) is 0. The molecule has 1 fully saturated rings. The molecule has 1 amide bonds. The van der Waals surface area contributed by atoms with E-state index in [1.807, 2.05) is 25.1 Å². The van der Waals surface area contributed by atoms with Crippen LogP contribution in [0, 0.1) is 6.92 Å². The summed E-state index contributed by atoms with van der Waals surface area (Å²) in [6.45, 7) is 4.96. The maximum Gasteiger partial charge on any atom is 0.223 e. The molecule has 1 aliphatic rings. The fourth-order valence-electron chi connectivity index (χ4n) is 3.39. The Kier molecular flexibility index (Phi) is 4.46. The third-order valence-corrected chi connectivity index (χ3v) is 4.61. The molecule has 0 bridgehead atoms. The van der Waals surface area contributed by atoms with E-state index in [1.165, 1.54) is 6.42 Å². The molecule has 4 heteroatoms. The molecule has 118 valence electrons. The number of benzene rings is 1.